The number of aliphatic hydroxyl groups is 1. The molecule has 0 saturated carbocycles. The summed E-state index contributed by atoms with van der Waals surface area (Å²) in [5.74, 6) is 0. The lowest BCUT2D eigenvalue weighted by molar-refractivity contribution is 0.0814. The first kappa shape index (κ1) is 17.9. The summed E-state index contributed by atoms with van der Waals surface area (Å²) in [6.45, 7) is 10.2. The SMILES string of the molecule is CCCCCCCOCCC(C)(CO)NC(C)C. The first-order valence-electron chi connectivity index (χ1n) is 7.50. The molecule has 0 aliphatic rings. The van der Waals surface area contributed by atoms with Gasteiger partial charge in [0, 0.05) is 24.8 Å². The van der Waals surface area contributed by atoms with Crippen LogP contribution in [-0.4, -0.2) is 36.5 Å². The minimum atomic E-state index is -0.212. The maximum atomic E-state index is 9.42. The topological polar surface area (TPSA) is 41.5 Å². The number of hydrogen-bond acceptors (Lipinski definition) is 3. The van der Waals surface area contributed by atoms with E-state index in [-0.39, 0.29) is 12.1 Å². The van der Waals surface area contributed by atoms with Crippen LogP contribution < -0.4 is 5.32 Å². The van der Waals surface area contributed by atoms with Crippen LogP contribution in [0.3, 0.4) is 0 Å². The smallest absolute Gasteiger partial charge is 0.0611 e. The van der Waals surface area contributed by atoms with Gasteiger partial charge in [0.2, 0.25) is 0 Å². The predicted molar refractivity (Wildman–Crippen MR) is 78.0 cm³/mol. The van der Waals surface area contributed by atoms with Crippen LogP contribution in [-0.2, 0) is 4.74 Å². The summed E-state index contributed by atoms with van der Waals surface area (Å²) in [6, 6.07) is 0.385. The van der Waals surface area contributed by atoms with Crippen molar-refractivity contribution in [3.05, 3.63) is 0 Å². The lowest BCUT2D eigenvalue weighted by atomic mass is 9.98. The Balaban J connectivity index is 3.50. The highest BCUT2D eigenvalue weighted by Gasteiger charge is 2.23. The van der Waals surface area contributed by atoms with Crippen LogP contribution >= 0.6 is 0 Å². The fourth-order valence-corrected chi connectivity index (χ4v) is 2.10. The van der Waals surface area contributed by atoms with Crippen molar-refractivity contribution in [2.24, 2.45) is 0 Å². The lowest BCUT2D eigenvalue weighted by Crippen LogP contribution is -2.49. The summed E-state index contributed by atoms with van der Waals surface area (Å²) in [5, 5.41) is 12.8. The molecule has 3 nitrogen and oxygen atoms in total. The van der Waals surface area contributed by atoms with Crippen molar-refractivity contribution in [1.29, 1.82) is 0 Å². The third kappa shape index (κ3) is 9.86. The molecule has 1 unspecified atom stereocenters. The van der Waals surface area contributed by atoms with Gasteiger partial charge in [-0.05, 0) is 19.8 Å². The van der Waals surface area contributed by atoms with Crippen LogP contribution in [0.4, 0.5) is 0 Å². The Hall–Kier alpha value is -0.120. The van der Waals surface area contributed by atoms with Gasteiger partial charge in [-0.25, -0.2) is 0 Å². The molecule has 0 bridgehead atoms. The van der Waals surface area contributed by atoms with Gasteiger partial charge in [0.15, 0.2) is 0 Å². The fraction of sp³-hybridized carbons (Fsp3) is 1.00. The molecule has 0 spiro atoms. The zero-order chi connectivity index (χ0) is 13.9. The lowest BCUT2D eigenvalue weighted by Gasteiger charge is -2.31. The van der Waals surface area contributed by atoms with Gasteiger partial charge in [0.05, 0.1) is 6.61 Å². The largest absolute Gasteiger partial charge is 0.394 e. The average molecular weight is 259 g/mol. The quantitative estimate of drug-likeness (QED) is 0.529. The van der Waals surface area contributed by atoms with Crippen molar-refractivity contribution in [2.45, 2.75) is 77.8 Å². The molecule has 18 heavy (non-hydrogen) atoms. The van der Waals surface area contributed by atoms with Crippen molar-refractivity contribution in [2.75, 3.05) is 19.8 Å². The molecule has 0 radical (unpaired) electrons. The van der Waals surface area contributed by atoms with Crippen LogP contribution in [0.5, 0.6) is 0 Å². The van der Waals surface area contributed by atoms with E-state index in [1.165, 1.54) is 25.7 Å². The van der Waals surface area contributed by atoms with Gasteiger partial charge in [0.1, 0.15) is 0 Å². The highest BCUT2D eigenvalue weighted by molar-refractivity contribution is 4.83. The Morgan fingerprint density at radius 1 is 1.11 bits per heavy atom. The standard InChI is InChI=1S/C15H33NO2/c1-5-6-7-8-9-11-18-12-10-15(4,13-17)16-14(2)3/h14,16-17H,5-13H2,1-4H3. The van der Waals surface area contributed by atoms with Crippen LogP contribution in [0.2, 0.25) is 0 Å². The fourth-order valence-electron chi connectivity index (χ4n) is 2.10. The van der Waals surface area contributed by atoms with E-state index < -0.39 is 0 Å². The Bertz CT molecular complexity index is 185. The second-order valence-electron chi connectivity index (χ2n) is 5.79. The summed E-state index contributed by atoms with van der Waals surface area (Å²) < 4.78 is 5.64. The minimum absolute atomic E-state index is 0.158. The van der Waals surface area contributed by atoms with Crippen LogP contribution in [0, 0.1) is 0 Å². The highest BCUT2D eigenvalue weighted by Crippen LogP contribution is 2.10. The van der Waals surface area contributed by atoms with Crippen molar-refractivity contribution >= 4 is 0 Å². The summed E-state index contributed by atoms with van der Waals surface area (Å²) >= 11 is 0. The van der Waals surface area contributed by atoms with Gasteiger partial charge >= 0.3 is 0 Å². The Morgan fingerprint density at radius 2 is 1.78 bits per heavy atom. The molecular formula is C15H33NO2. The monoisotopic (exact) mass is 259 g/mol. The molecule has 2 N–H and O–H groups in total. The van der Waals surface area contributed by atoms with E-state index in [9.17, 15) is 5.11 Å². The van der Waals surface area contributed by atoms with Gasteiger partial charge in [0.25, 0.3) is 0 Å². The zero-order valence-electron chi connectivity index (χ0n) is 12.8. The first-order valence-corrected chi connectivity index (χ1v) is 7.50. The Morgan fingerprint density at radius 3 is 2.33 bits per heavy atom. The number of ether oxygens (including phenoxy) is 1. The molecule has 0 rings (SSSR count). The van der Waals surface area contributed by atoms with E-state index in [0.717, 1.165) is 26.1 Å². The van der Waals surface area contributed by atoms with E-state index in [1.54, 1.807) is 0 Å². The molecule has 110 valence electrons. The molecule has 1 atom stereocenters. The van der Waals surface area contributed by atoms with E-state index in [0.29, 0.717) is 6.04 Å². The van der Waals surface area contributed by atoms with Crippen LogP contribution in [0.15, 0.2) is 0 Å². The zero-order valence-corrected chi connectivity index (χ0v) is 12.8. The van der Waals surface area contributed by atoms with E-state index in [4.69, 9.17) is 4.74 Å². The Kier molecular flexibility index (Phi) is 10.7. The maximum absolute atomic E-state index is 9.42. The number of unbranched alkanes of at least 4 members (excludes halogenated alkanes) is 4. The number of rotatable bonds is 12. The van der Waals surface area contributed by atoms with E-state index in [2.05, 4.69) is 33.0 Å². The van der Waals surface area contributed by atoms with Gasteiger partial charge in [-0.15, -0.1) is 0 Å². The number of nitrogens with one attached hydrogen (secondary N) is 1. The molecule has 0 fully saturated rings. The maximum Gasteiger partial charge on any atom is 0.0611 e. The van der Waals surface area contributed by atoms with Crippen molar-refractivity contribution in [1.82, 2.24) is 5.32 Å². The van der Waals surface area contributed by atoms with Crippen molar-refractivity contribution < 1.29 is 9.84 Å². The van der Waals surface area contributed by atoms with E-state index >= 15 is 0 Å². The predicted octanol–water partition coefficient (Wildman–Crippen LogP) is 3.11. The van der Waals surface area contributed by atoms with E-state index in [1.807, 2.05) is 0 Å². The Labute approximate surface area is 113 Å². The summed E-state index contributed by atoms with van der Waals surface area (Å²) in [5.41, 5.74) is -0.212. The molecule has 0 aliphatic heterocycles. The molecule has 0 saturated heterocycles. The number of hydrogen-bond donors (Lipinski definition) is 2. The van der Waals surface area contributed by atoms with Crippen molar-refractivity contribution in [3.63, 3.8) is 0 Å². The first-order chi connectivity index (χ1) is 8.54. The van der Waals surface area contributed by atoms with Crippen LogP contribution in [0.1, 0.15) is 66.2 Å². The molecule has 0 aromatic rings. The highest BCUT2D eigenvalue weighted by atomic mass is 16.5. The summed E-state index contributed by atoms with van der Waals surface area (Å²) in [4.78, 5) is 0. The normalized spacial score (nSPS) is 15.0. The van der Waals surface area contributed by atoms with Crippen LogP contribution in [0.25, 0.3) is 0 Å². The molecule has 0 aromatic heterocycles. The molecule has 3 heteroatoms. The average Bonchev–Trinajstić information content (AvgIpc) is 2.32. The second kappa shape index (κ2) is 10.8. The molecule has 0 aliphatic carbocycles. The molecule has 0 amide bonds. The summed E-state index contributed by atoms with van der Waals surface area (Å²) in [6.07, 6.45) is 7.24. The molecule has 0 heterocycles. The van der Waals surface area contributed by atoms with Gasteiger partial charge in [-0.2, -0.15) is 0 Å². The molecular weight excluding hydrogens is 226 g/mol. The van der Waals surface area contributed by atoms with Gasteiger partial charge < -0.3 is 15.2 Å². The molecule has 0 aromatic carbocycles. The van der Waals surface area contributed by atoms with Gasteiger partial charge in [-0.1, -0.05) is 46.5 Å². The minimum Gasteiger partial charge on any atom is -0.394 e. The van der Waals surface area contributed by atoms with Crippen molar-refractivity contribution in [3.8, 4) is 0 Å². The van der Waals surface area contributed by atoms with Gasteiger partial charge in [-0.3, -0.25) is 0 Å². The third-order valence-corrected chi connectivity index (χ3v) is 3.18. The third-order valence-electron chi connectivity index (χ3n) is 3.18. The summed E-state index contributed by atoms with van der Waals surface area (Å²) in [7, 11) is 0. The second-order valence-corrected chi connectivity index (χ2v) is 5.79. The number of aliphatic hydroxyl groups excluding tert-OH is 1.